The third-order valence-corrected chi connectivity index (χ3v) is 3.81. The maximum absolute atomic E-state index is 11.3. The lowest BCUT2D eigenvalue weighted by Crippen LogP contribution is -1.87. The summed E-state index contributed by atoms with van der Waals surface area (Å²) in [6, 6.07) is 23.1. The zero-order valence-electron chi connectivity index (χ0n) is 12.3. The Kier molecular flexibility index (Phi) is 3.24. The van der Waals surface area contributed by atoms with E-state index in [2.05, 4.69) is 4.98 Å². The van der Waals surface area contributed by atoms with Gasteiger partial charge in [0.25, 0.3) is 0 Å². The third-order valence-electron chi connectivity index (χ3n) is 3.81. The van der Waals surface area contributed by atoms with Crippen LogP contribution in [0.2, 0.25) is 0 Å². The van der Waals surface area contributed by atoms with Crippen LogP contribution in [0, 0.1) is 0 Å². The van der Waals surface area contributed by atoms with Crippen LogP contribution in [0.5, 0.6) is 0 Å². The van der Waals surface area contributed by atoms with Crippen molar-refractivity contribution in [2.24, 2.45) is 0 Å². The summed E-state index contributed by atoms with van der Waals surface area (Å²) in [5, 5.41) is 0. The molecule has 110 valence electrons. The van der Waals surface area contributed by atoms with Gasteiger partial charge < -0.3 is 4.42 Å². The van der Waals surface area contributed by atoms with Crippen LogP contribution >= 0.6 is 0 Å². The number of fused-ring (bicyclic) bond motifs is 1. The second-order valence-electron chi connectivity index (χ2n) is 5.24. The van der Waals surface area contributed by atoms with Gasteiger partial charge >= 0.3 is 0 Å². The van der Waals surface area contributed by atoms with Crippen molar-refractivity contribution in [2.75, 3.05) is 0 Å². The average molecular weight is 299 g/mol. The van der Waals surface area contributed by atoms with E-state index in [-0.39, 0.29) is 0 Å². The highest BCUT2D eigenvalue weighted by molar-refractivity contribution is 5.97. The molecule has 1 aromatic heterocycles. The molecule has 0 aliphatic carbocycles. The Morgan fingerprint density at radius 1 is 0.783 bits per heavy atom. The van der Waals surface area contributed by atoms with Crippen LogP contribution in [-0.2, 0) is 0 Å². The molecular weight excluding hydrogens is 286 g/mol. The van der Waals surface area contributed by atoms with Crippen LogP contribution in [0.15, 0.2) is 77.2 Å². The van der Waals surface area contributed by atoms with Crippen molar-refractivity contribution in [1.82, 2.24) is 4.98 Å². The van der Waals surface area contributed by atoms with Crippen molar-refractivity contribution in [1.29, 1.82) is 0 Å². The fourth-order valence-corrected chi connectivity index (χ4v) is 2.71. The maximum Gasteiger partial charge on any atom is 0.227 e. The molecule has 4 aromatic rings. The monoisotopic (exact) mass is 299 g/mol. The van der Waals surface area contributed by atoms with Crippen molar-refractivity contribution >= 4 is 17.4 Å². The molecule has 0 spiro atoms. The van der Waals surface area contributed by atoms with E-state index < -0.39 is 0 Å². The van der Waals surface area contributed by atoms with Gasteiger partial charge in [-0.25, -0.2) is 4.98 Å². The first-order valence-corrected chi connectivity index (χ1v) is 7.36. The summed E-state index contributed by atoms with van der Waals surface area (Å²) in [5.74, 6) is 0.580. The highest BCUT2D eigenvalue weighted by atomic mass is 16.3. The van der Waals surface area contributed by atoms with Crippen molar-refractivity contribution in [2.45, 2.75) is 0 Å². The minimum atomic E-state index is 0.580. The molecule has 3 nitrogen and oxygen atoms in total. The lowest BCUT2D eigenvalue weighted by Gasteiger charge is -2.04. The molecule has 0 fully saturated rings. The molecule has 0 atom stereocenters. The first-order chi connectivity index (χ1) is 11.4. The van der Waals surface area contributed by atoms with Crippen LogP contribution in [-0.4, -0.2) is 11.3 Å². The Labute approximate surface area is 133 Å². The lowest BCUT2D eigenvalue weighted by atomic mass is 10.00. The number of benzene rings is 3. The predicted octanol–water partition coefficient (Wildman–Crippen LogP) is 4.97. The van der Waals surface area contributed by atoms with Crippen LogP contribution in [0.1, 0.15) is 10.4 Å². The second kappa shape index (κ2) is 5.54. The Balaban J connectivity index is 1.95. The van der Waals surface area contributed by atoms with Crippen LogP contribution < -0.4 is 0 Å². The molecule has 0 aliphatic heterocycles. The minimum absolute atomic E-state index is 0.580. The molecule has 1 heterocycles. The molecule has 0 unspecified atom stereocenters. The van der Waals surface area contributed by atoms with E-state index in [4.69, 9.17) is 4.42 Å². The third kappa shape index (κ3) is 2.32. The number of para-hydroxylation sites is 1. The number of aromatic nitrogens is 1. The van der Waals surface area contributed by atoms with Gasteiger partial charge in [0.15, 0.2) is 11.9 Å². The van der Waals surface area contributed by atoms with Crippen molar-refractivity contribution < 1.29 is 9.21 Å². The molecule has 0 amide bonds. The molecule has 3 aromatic carbocycles. The van der Waals surface area contributed by atoms with Gasteiger partial charge in [-0.1, -0.05) is 54.6 Å². The Bertz CT molecular complexity index is 987. The van der Waals surface area contributed by atoms with Crippen LogP contribution in [0.3, 0.4) is 0 Å². The van der Waals surface area contributed by atoms with Gasteiger partial charge in [-0.3, -0.25) is 4.79 Å². The number of aldehydes is 1. The fourth-order valence-electron chi connectivity index (χ4n) is 2.71. The zero-order chi connectivity index (χ0) is 15.6. The molecular formula is C20H13NO2. The molecule has 3 heteroatoms. The summed E-state index contributed by atoms with van der Waals surface area (Å²) in [7, 11) is 0. The standard InChI is InChI=1S/C20H13NO2/c22-13-15-9-4-5-10-16(15)17-11-6-12-18-19(17)23-20(21-18)14-7-2-1-3-8-14/h1-13H. The molecule has 0 saturated carbocycles. The smallest absolute Gasteiger partial charge is 0.227 e. The van der Waals surface area contributed by atoms with Gasteiger partial charge in [0.05, 0.1) is 0 Å². The predicted molar refractivity (Wildman–Crippen MR) is 90.3 cm³/mol. The van der Waals surface area contributed by atoms with Gasteiger partial charge in [-0.05, 0) is 23.8 Å². The molecule has 23 heavy (non-hydrogen) atoms. The number of hydrogen-bond donors (Lipinski definition) is 0. The summed E-state index contributed by atoms with van der Waals surface area (Å²) in [6.07, 6.45) is 0.864. The largest absolute Gasteiger partial charge is 0.435 e. The summed E-state index contributed by atoms with van der Waals surface area (Å²) in [6.45, 7) is 0. The van der Waals surface area contributed by atoms with Gasteiger partial charge in [0.1, 0.15) is 5.52 Å². The second-order valence-corrected chi connectivity index (χ2v) is 5.24. The summed E-state index contributed by atoms with van der Waals surface area (Å²) in [5.41, 5.74) is 4.77. The average Bonchev–Trinajstić information content (AvgIpc) is 3.07. The number of carbonyl (C=O) groups is 1. The fraction of sp³-hybridized carbons (Fsp3) is 0. The molecule has 0 saturated heterocycles. The first-order valence-electron chi connectivity index (χ1n) is 7.36. The van der Waals surface area contributed by atoms with Crippen LogP contribution in [0.4, 0.5) is 0 Å². The van der Waals surface area contributed by atoms with Crippen LogP contribution in [0.25, 0.3) is 33.7 Å². The zero-order valence-corrected chi connectivity index (χ0v) is 12.3. The normalized spacial score (nSPS) is 10.8. The van der Waals surface area contributed by atoms with Gasteiger partial charge in [0, 0.05) is 16.7 Å². The minimum Gasteiger partial charge on any atom is -0.435 e. The van der Waals surface area contributed by atoms with Crippen molar-refractivity contribution in [3.63, 3.8) is 0 Å². The van der Waals surface area contributed by atoms with E-state index in [1.54, 1.807) is 6.07 Å². The first kappa shape index (κ1) is 13.5. The molecule has 4 rings (SSSR count). The molecule has 0 radical (unpaired) electrons. The van der Waals surface area contributed by atoms with Gasteiger partial charge in [-0.15, -0.1) is 0 Å². The number of hydrogen-bond acceptors (Lipinski definition) is 3. The topological polar surface area (TPSA) is 43.1 Å². The van der Waals surface area contributed by atoms with Crippen molar-refractivity contribution in [3.8, 4) is 22.6 Å². The highest BCUT2D eigenvalue weighted by Gasteiger charge is 2.14. The van der Waals surface area contributed by atoms with Crippen molar-refractivity contribution in [3.05, 3.63) is 78.4 Å². The lowest BCUT2D eigenvalue weighted by molar-refractivity contribution is 0.112. The Morgan fingerprint density at radius 3 is 2.35 bits per heavy atom. The van der Waals surface area contributed by atoms with E-state index in [9.17, 15) is 4.79 Å². The van der Waals surface area contributed by atoms with E-state index in [0.29, 0.717) is 17.0 Å². The van der Waals surface area contributed by atoms with Gasteiger partial charge in [-0.2, -0.15) is 0 Å². The highest BCUT2D eigenvalue weighted by Crippen LogP contribution is 2.33. The summed E-state index contributed by atoms with van der Waals surface area (Å²) >= 11 is 0. The Morgan fingerprint density at radius 2 is 1.52 bits per heavy atom. The van der Waals surface area contributed by atoms with E-state index >= 15 is 0 Å². The quantitative estimate of drug-likeness (QED) is 0.501. The number of rotatable bonds is 3. The summed E-state index contributed by atoms with van der Waals surface area (Å²) < 4.78 is 6.01. The van der Waals surface area contributed by atoms with Gasteiger partial charge in [0.2, 0.25) is 5.89 Å². The molecule has 0 aliphatic rings. The van der Waals surface area contributed by atoms with E-state index in [0.717, 1.165) is 28.5 Å². The Hall–Kier alpha value is -3.20. The maximum atomic E-state index is 11.3. The molecule has 0 N–H and O–H groups in total. The van der Waals surface area contributed by atoms with E-state index in [1.165, 1.54) is 0 Å². The molecule has 0 bridgehead atoms. The van der Waals surface area contributed by atoms with E-state index in [1.807, 2.05) is 66.7 Å². The number of carbonyl (C=O) groups excluding carboxylic acids is 1. The summed E-state index contributed by atoms with van der Waals surface area (Å²) in [4.78, 5) is 15.9. The SMILES string of the molecule is O=Cc1ccccc1-c1cccc2nc(-c3ccccc3)oc12. The number of oxazole rings is 1. The number of nitrogens with zero attached hydrogens (tertiary/aromatic N) is 1.